The van der Waals surface area contributed by atoms with Crippen molar-refractivity contribution in [3.05, 3.63) is 0 Å². The quantitative estimate of drug-likeness (QED) is 0.830. The first-order valence-electron chi connectivity index (χ1n) is 7.89. The molecule has 2 nitrogen and oxygen atoms in total. The van der Waals surface area contributed by atoms with Crippen LogP contribution in [0.3, 0.4) is 0 Å². The Bertz CT molecular complexity index is 256. The lowest BCUT2D eigenvalue weighted by Crippen LogP contribution is -2.46. The zero-order valence-corrected chi connectivity index (χ0v) is 12.8. The zero-order valence-electron chi connectivity index (χ0n) is 12.8. The third-order valence-electron chi connectivity index (χ3n) is 5.16. The van der Waals surface area contributed by atoms with Crippen LogP contribution in [0.15, 0.2) is 0 Å². The van der Waals surface area contributed by atoms with Crippen LogP contribution in [0.2, 0.25) is 0 Å². The van der Waals surface area contributed by atoms with Gasteiger partial charge in [-0.25, -0.2) is 0 Å². The lowest BCUT2D eigenvalue weighted by atomic mass is 9.70. The van der Waals surface area contributed by atoms with E-state index in [0.29, 0.717) is 5.41 Å². The molecule has 0 radical (unpaired) electrons. The van der Waals surface area contributed by atoms with E-state index in [2.05, 4.69) is 38.0 Å². The highest BCUT2D eigenvalue weighted by molar-refractivity contribution is 4.88. The molecule has 106 valence electrons. The first kappa shape index (κ1) is 14.3. The van der Waals surface area contributed by atoms with Gasteiger partial charge in [0.15, 0.2) is 0 Å². The highest BCUT2D eigenvalue weighted by Crippen LogP contribution is 2.40. The summed E-state index contributed by atoms with van der Waals surface area (Å²) in [6, 6.07) is 0.819. The van der Waals surface area contributed by atoms with E-state index in [1.807, 2.05) is 0 Å². The average molecular weight is 252 g/mol. The maximum absolute atomic E-state index is 3.54. The number of nitrogens with zero attached hydrogens (tertiary/aromatic N) is 1. The minimum atomic E-state index is 0.573. The van der Waals surface area contributed by atoms with Crippen LogP contribution in [-0.4, -0.2) is 37.6 Å². The molecule has 1 aliphatic carbocycles. The molecular formula is C16H32N2. The van der Waals surface area contributed by atoms with Crippen LogP contribution in [0.5, 0.6) is 0 Å². The minimum Gasteiger partial charge on any atom is -0.316 e. The van der Waals surface area contributed by atoms with Crippen molar-refractivity contribution < 1.29 is 0 Å². The van der Waals surface area contributed by atoms with E-state index in [-0.39, 0.29) is 0 Å². The summed E-state index contributed by atoms with van der Waals surface area (Å²) < 4.78 is 0. The van der Waals surface area contributed by atoms with Crippen molar-refractivity contribution in [3.8, 4) is 0 Å². The van der Waals surface area contributed by atoms with E-state index in [1.54, 1.807) is 0 Å². The molecule has 1 saturated heterocycles. The molecule has 0 bridgehead atoms. The maximum atomic E-state index is 3.54. The summed E-state index contributed by atoms with van der Waals surface area (Å²) in [5.74, 6) is 1.74. The Kier molecular flexibility index (Phi) is 4.71. The number of hydrogen-bond acceptors (Lipinski definition) is 2. The van der Waals surface area contributed by atoms with E-state index in [0.717, 1.165) is 17.9 Å². The van der Waals surface area contributed by atoms with Gasteiger partial charge < -0.3 is 10.2 Å². The van der Waals surface area contributed by atoms with Crippen LogP contribution in [0.1, 0.15) is 52.9 Å². The Hall–Kier alpha value is -0.0800. The molecule has 2 heteroatoms. The third-order valence-corrected chi connectivity index (χ3v) is 5.16. The van der Waals surface area contributed by atoms with Gasteiger partial charge in [0.05, 0.1) is 0 Å². The second-order valence-electron chi connectivity index (χ2n) is 7.60. The van der Waals surface area contributed by atoms with E-state index in [4.69, 9.17) is 0 Å². The van der Waals surface area contributed by atoms with Crippen molar-refractivity contribution in [3.63, 3.8) is 0 Å². The Balaban J connectivity index is 1.83. The molecule has 2 fully saturated rings. The SMILES string of the molecule is CC1CC(C)(C)CCC1N(C)CC1CCCNC1. The van der Waals surface area contributed by atoms with E-state index in [9.17, 15) is 0 Å². The van der Waals surface area contributed by atoms with Crippen LogP contribution in [0, 0.1) is 17.3 Å². The lowest BCUT2D eigenvalue weighted by Gasteiger charge is -2.44. The highest BCUT2D eigenvalue weighted by atomic mass is 15.1. The third kappa shape index (κ3) is 3.71. The van der Waals surface area contributed by atoms with Gasteiger partial charge in [0.1, 0.15) is 0 Å². The van der Waals surface area contributed by atoms with Gasteiger partial charge in [-0.3, -0.25) is 0 Å². The second-order valence-corrected chi connectivity index (χ2v) is 7.60. The van der Waals surface area contributed by atoms with Gasteiger partial charge in [-0.1, -0.05) is 20.8 Å². The molecule has 0 spiro atoms. The predicted molar refractivity (Wildman–Crippen MR) is 78.8 cm³/mol. The molecule has 0 aromatic carbocycles. The van der Waals surface area contributed by atoms with Gasteiger partial charge in [-0.05, 0) is 69.5 Å². The summed E-state index contributed by atoms with van der Waals surface area (Å²) in [7, 11) is 2.36. The molecule has 0 aromatic rings. The van der Waals surface area contributed by atoms with Gasteiger partial charge in [0.2, 0.25) is 0 Å². The van der Waals surface area contributed by atoms with Crippen LogP contribution in [0.4, 0.5) is 0 Å². The molecule has 2 rings (SSSR count). The first-order chi connectivity index (χ1) is 8.48. The zero-order chi connectivity index (χ0) is 13.2. The Morgan fingerprint density at radius 1 is 1.28 bits per heavy atom. The second kappa shape index (κ2) is 5.92. The molecule has 1 heterocycles. The highest BCUT2D eigenvalue weighted by Gasteiger charge is 2.34. The predicted octanol–water partition coefficient (Wildman–Crippen LogP) is 3.13. The van der Waals surface area contributed by atoms with Crippen LogP contribution in [-0.2, 0) is 0 Å². The molecule has 1 aliphatic heterocycles. The summed E-state index contributed by atoms with van der Waals surface area (Å²) in [6.07, 6.45) is 6.97. The van der Waals surface area contributed by atoms with Gasteiger partial charge in [-0.15, -0.1) is 0 Å². The summed E-state index contributed by atoms with van der Waals surface area (Å²) in [5, 5.41) is 3.54. The Morgan fingerprint density at radius 3 is 2.67 bits per heavy atom. The first-order valence-corrected chi connectivity index (χ1v) is 7.89. The van der Waals surface area contributed by atoms with Crippen molar-refractivity contribution in [2.75, 3.05) is 26.7 Å². The van der Waals surface area contributed by atoms with Crippen molar-refractivity contribution >= 4 is 0 Å². The molecule has 3 unspecified atom stereocenters. The van der Waals surface area contributed by atoms with Gasteiger partial charge >= 0.3 is 0 Å². The lowest BCUT2D eigenvalue weighted by molar-refractivity contribution is 0.0644. The van der Waals surface area contributed by atoms with Gasteiger partial charge in [0, 0.05) is 12.6 Å². The number of nitrogens with one attached hydrogen (secondary N) is 1. The average Bonchev–Trinajstić information content (AvgIpc) is 2.28. The van der Waals surface area contributed by atoms with E-state index in [1.165, 1.54) is 51.7 Å². The van der Waals surface area contributed by atoms with Crippen LogP contribution >= 0.6 is 0 Å². The van der Waals surface area contributed by atoms with Crippen molar-refractivity contribution in [2.24, 2.45) is 17.3 Å². The van der Waals surface area contributed by atoms with E-state index < -0.39 is 0 Å². The molecule has 1 N–H and O–H groups in total. The molecule has 0 amide bonds. The standard InChI is InChI=1S/C16H32N2/c1-13-10-16(2,3)8-7-15(13)18(4)12-14-6-5-9-17-11-14/h13-15,17H,5-12H2,1-4H3. The number of hydrogen-bond donors (Lipinski definition) is 1. The van der Waals surface area contributed by atoms with Crippen LogP contribution in [0.25, 0.3) is 0 Å². The molecule has 0 aromatic heterocycles. The normalized spacial score (nSPS) is 36.8. The van der Waals surface area contributed by atoms with Crippen molar-refractivity contribution in [2.45, 2.75) is 58.9 Å². The topological polar surface area (TPSA) is 15.3 Å². The summed E-state index contributed by atoms with van der Waals surface area (Å²) >= 11 is 0. The van der Waals surface area contributed by atoms with Crippen molar-refractivity contribution in [1.29, 1.82) is 0 Å². The van der Waals surface area contributed by atoms with Crippen LogP contribution < -0.4 is 5.32 Å². The molecule has 3 atom stereocenters. The molecule has 18 heavy (non-hydrogen) atoms. The Morgan fingerprint density at radius 2 is 2.06 bits per heavy atom. The summed E-state index contributed by atoms with van der Waals surface area (Å²) in [5.41, 5.74) is 0.573. The van der Waals surface area contributed by atoms with Gasteiger partial charge in [0.25, 0.3) is 0 Å². The minimum absolute atomic E-state index is 0.573. The molecule has 1 saturated carbocycles. The number of rotatable bonds is 3. The Labute approximate surface area is 114 Å². The van der Waals surface area contributed by atoms with Gasteiger partial charge in [-0.2, -0.15) is 0 Å². The summed E-state index contributed by atoms with van der Waals surface area (Å²) in [6.45, 7) is 11.1. The van der Waals surface area contributed by atoms with E-state index >= 15 is 0 Å². The fourth-order valence-electron chi connectivity index (χ4n) is 4.21. The molecular weight excluding hydrogens is 220 g/mol. The molecule has 2 aliphatic rings. The smallest absolute Gasteiger partial charge is 0.0118 e. The maximum Gasteiger partial charge on any atom is 0.0118 e. The fourth-order valence-corrected chi connectivity index (χ4v) is 4.21. The monoisotopic (exact) mass is 252 g/mol. The van der Waals surface area contributed by atoms with Crippen molar-refractivity contribution in [1.82, 2.24) is 10.2 Å². The summed E-state index contributed by atoms with van der Waals surface area (Å²) in [4.78, 5) is 2.66. The largest absolute Gasteiger partial charge is 0.316 e. The number of piperidine rings is 1. The fraction of sp³-hybridized carbons (Fsp3) is 1.00.